The number of benzene rings is 1. The van der Waals surface area contributed by atoms with Crippen LogP contribution in [0.1, 0.15) is 20.3 Å². The fourth-order valence-electron chi connectivity index (χ4n) is 2.11. The molecule has 0 N–H and O–H groups in total. The normalized spacial score (nSPS) is 12.0. The van der Waals surface area contributed by atoms with Crippen LogP contribution in [0.4, 0.5) is 0 Å². The first-order valence-corrected chi connectivity index (χ1v) is 8.08. The number of methoxy groups -OCH3 is 2. The molecule has 23 heavy (non-hydrogen) atoms. The van der Waals surface area contributed by atoms with E-state index >= 15 is 0 Å². The van der Waals surface area contributed by atoms with Crippen LogP contribution in [-0.2, 0) is 20.9 Å². The molecular formula is C16H20N2O4S. The summed E-state index contributed by atoms with van der Waals surface area (Å²) >= 11 is 1.35. The third-order valence-electron chi connectivity index (χ3n) is 3.21. The molecule has 0 bridgehead atoms. The highest BCUT2D eigenvalue weighted by Crippen LogP contribution is 2.23. The van der Waals surface area contributed by atoms with Crippen LogP contribution in [0.3, 0.4) is 0 Å². The molecule has 2 rings (SSSR count). The summed E-state index contributed by atoms with van der Waals surface area (Å²) in [5.41, 5.74) is 0.817. The van der Waals surface area contributed by atoms with E-state index in [0.29, 0.717) is 17.0 Å². The summed E-state index contributed by atoms with van der Waals surface area (Å²) in [4.78, 5) is 28.4. The third-order valence-corrected chi connectivity index (χ3v) is 4.25. The van der Waals surface area contributed by atoms with Crippen molar-refractivity contribution in [3.05, 3.63) is 23.0 Å². The van der Waals surface area contributed by atoms with Gasteiger partial charge in [0.15, 0.2) is 4.80 Å². The minimum atomic E-state index is -0.390. The van der Waals surface area contributed by atoms with Crippen molar-refractivity contribution in [2.24, 2.45) is 10.9 Å². The molecule has 1 heterocycles. The van der Waals surface area contributed by atoms with Crippen LogP contribution in [0.15, 0.2) is 23.2 Å². The van der Waals surface area contributed by atoms with E-state index in [1.165, 1.54) is 18.4 Å². The van der Waals surface area contributed by atoms with Gasteiger partial charge in [0.2, 0.25) is 5.91 Å². The highest BCUT2D eigenvalue weighted by Gasteiger charge is 2.13. The first-order chi connectivity index (χ1) is 10.9. The van der Waals surface area contributed by atoms with E-state index in [9.17, 15) is 9.59 Å². The van der Waals surface area contributed by atoms with Crippen molar-refractivity contribution in [3.63, 3.8) is 0 Å². The van der Waals surface area contributed by atoms with E-state index in [0.717, 1.165) is 10.2 Å². The Morgan fingerprint density at radius 1 is 1.30 bits per heavy atom. The number of carbonyl (C=O) groups excluding carboxylic acids is 2. The Kier molecular flexibility index (Phi) is 5.54. The van der Waals surface area contributed by atoms with Crippen LogP contribution in [0, 0.1) is 5.92 Å². The molecule has 0 saturated carbocycles. The Morgan fingerprint density at radius 3 is 2.65 bits per heavy atom. The van der Waals surface area contributed by atoms with Crippen molar-refractivity contribution in [2.45, 2.75) is 26.8 Å². The van der Waals surface area contributed by atoms with E-state index in [1.54, 1.807) is 11.7 Å². The monoisotopic (exact) mass is 336 g/mol. The number of hydrogen-bond acceptors (Lipinski definition) is 5. The molecule has 1 aromatic heterocycles. The topological polar surface area (TPSA) is 69.9 Å². The first kappa shape index (κ1) is 17.2. The minimum absolute atomic E-state index is 0.0105. The van der Waals surface area contributed by atoms with Crippen molar-refractivity contribution in [2.75, 3.05) is 14.2 Å². The lowest BCUT2D eigenvalue weighted by molar-refractivity contribution is -0.141. The number of thiazole rings is 1. The lowest BCUT2D eigenvalue weighted by atomic mass is 10.1. The summed E-state index contributed by atoms with van der Waals surface area (Å²) in [5.74, 6) is 0.356. The van der Waals surface area contributed by atoms with Crippen molar-refractivity contribution in [3.8, 4) is 5.75 Å². The second-order valence-corrected chi connectivity index (χ2v) is 6.49. The predicted octanol–water partition coefficient (Wildman–Crippen LogP) is 2.36. The summed E-state index contributed by atoms with van der Waals surface area (Å²) in [7, 11) is 2.93. The quantitative estimate of drug-likeness (QED) is 0.786. The largest absolute Gasteiger partial charge is 0.497 e. The van der Waals surface area contributed by atoms with Crippen LogP contribution in [-0.4, -0.2) is 30.7 Å². The molecule has 0 unspecified atom stereocenters. The van der Waals surface area contributed by atoms with E-state index in [1.807, 2.05) is 32.0 Å². The van der Waals surface area contributed by atoms with Gasteiger partial charge in [-0.2, -0.15) is 4.99 Å². The highest BCUT2D eigenvalue weighted by atomic mass is 32.1. The lowest BCUT2D eigenvalue weighted by Gasteiger charge is -2.04. The van der Waals surface area contributed by atoms with Gasteiger partial charge in [-0.05, 0) is 24.1 Å². The number of amides is 1. The molecule has 124 valence electrons. The molecule has 0 atom stereocenters. The molecule has 0 aliphatic rings. The molecule has 0 aliphatic heterocycles. The summed E-state index contributed by atoms with van der Waals surface area (Å²) in [6, 6.07) is 5.52. The zero-order valence-electron chi connectivity index (χ0n) is 13.7. The Hall–Kier alpha value is -2.15. The number of fused-ring (bicyclic) bond motifs is 1. The average Bonchev–Trinajstić information content (AvgIpc) is 2.82. The lowest BCUT2D eigenvalue weighted by Crippen LogP contribution is -2.22. The molecule has 0 fully saturated rings. The number of aromatic nitrogens is 1. The predicted molar refractivity (Wildman–Crippen MR) is 88.4 cm³/mol. The second kappa shape index (κ2) is 7.41. The number of ether oxygens (including phenoxy) is 2. The van der Waals surface area contributed by atoms with Gasteiger partial charge in [-0.15, -0.1) is 0 Å². The molecule has 0 aliphatic carbocycles. The Labute approximate surface area is 138 Å². The van der Waals surface area contributed by atoms with Gasteiger partial charge >= 0.3 is 5.97 Å². The van der Waals surface area contributed by atoms with E-state index in [2.05, 4.69) is 4.99 Å². The number of carbonyl (C=O) groups is 2. The van der Waals surface area contributed by atoms with Crippen LogP contribution in [0.25, 0.3) is 10.2 Å². The Morgan fingerprint density at radius 2 is 2.04 bits per heavy atom. The van der Waals surface area contributed by atoms with E-state index in [-0.39, 0.29) is 18.4 Å². The van der Waals surface area contributed by atoms with Crippen molar-refractivity contribution in [1.29, 1.82) is 0 Å². The number of rotatable bonds is 5. The van der Waals surface area contributed by atoms with Gasteiger partial charge in [0.05, 0.1) is 24.4 Å². The van der Waals surface area contributed by atoms with Gasteiger partial charge < -0.3 is 14.0 Å². The van der Waals surface area contributed by atoms with Crippen LogP contribution in [0.5, 0.6) is 5.75 Å². The van der Waals surface area contributed by atoms with Crippen molar-refractivity contribution < 1.29 is 19.1 Å². The van der Waals surface area contributed by atoms with Crippen molar-refractivity contribution >= 4 is 33.4 Å². The zero-order chi connectivity index (χ0) is 17.0. The summed E-state index contributed by atoms with van der Waals surface area (Å²) < 4.78 is 12.5. The van der Waals surface area contributed by atoms with Crippen molar-refractivity contribution in [1.82, 2.24) is 4.57 Å². The number of esters is 1. The maximum absolute atomic E-state index is 12.0. The van der Waals surface area contributed by atoms with Gasteiger partial charge in [0.1, 0.15) is 12.3 Å². The molecule has 0 radical (unpaired) electrons. The van der Waals surface area contributed by atoms with Crippen LogP contribution < -0.4 is 9.54 Å². The second-order valence-electron chi connectivity index (χ2n) is 5.48. The van der Waals surface area contributed by atoms with Gasteiger partial charge in [-0.25, -0.2) is 0 Å². The molecule has 1 aromatic carbocycles. The SMILES string of the molecule is COC(=O)Cn1c(=NC(=O)CC(C)C)sc2cc(OC)ccc21. The van der Waals surface area contributed by atoms with E-state index < -0.39 is 5.97 Å². The van der Waals surface area contributed by atoms with Gasteiger partial charge in [-0.3, -0.25) is 9.59 Å². The molecule has 2 aromatic rings. The fraction of sp³-hybridized carbons (Fsp3) is 0.438. The van der Waals surface area contributed by atoms with Crippen LogP contribution in [0.2, 0.25) is 0 Å². The number of hydrogen-bond donors (Lipinski definition) is 0. The Balaban J connectivity index is 2.56. The third kappa shape index (κ3) is 4.19. The summed E-state index contributed by atoms with van der Waals surface area (Å²) in [6.07, 6.45) is 0.371. The molecular weight excluding hydrogens is 316 g/mol. The maximum Gasteiger partial charge on any atom is 0.325 e. The highest BCUT2D eigenvalue weighted by molar-refractivity contribution is 7.16. The minimum Gasteiger partial charge on any atom is -0.497 e. The average molecular weight is 336 g/mol. The maximum atomic E-state index is 12.0. The van der Waals surface area contributed by atoms with Crippen LogP contribution >= 0.6 is 11.3 Å². The molecule has 1 amide bonds. The first-order valence-electron chi connectivity index (χ1n) is 7.26. The molecule has 0 saturated heterocycles. The van der Waals surface area contributed by atoms with Gasteiger partial charge in [-0.1, -0.05) is 25.2 Å². The van der Waals surface area contributed by atoms with Gasteiger partial charge in [0.25, 0.3) is 0 Å². The molecule has 0 spiro atoms. The Bertz CT molecular complexity index is 789. The smallest absolute Gasteiger partial charge is 0.325 e. The van der Waals surface area contributed by atoms with Gasteiger partial charge in [0, 0.05) is 6.42 Å². The standard InChI is InChI=1S/C16H20N2O4S/c1-10(2)7-14(19)17-16-18(9-15(20)22-4)12-6-5-11(21-3)8-13(12)23-16/h5-6,8,10H,7,9H2,1-4H3. The molecule has 7 heteroatoms. The summed E-state index contributed by atoms with van der Waals surface area (Å²) in [5, 5.41) is 0. The molecule has 6 nitrogen and oxygen atoms in total. The van der Waals surface area contributed by atoms with E-state index in [4.69, 9.17) is 9.47 Å². The fourth-order valence-corrected chi connectivity index (χ4v) is 3.19. The zero-order valence-corrected chi connectivity index (χ0v) is 14.5. The number of nitrogens with zero attached hydrogens (tertiary/aromatic N) is 2. The summed E-state index contributed by atoms with van der Waals surface area (Å²) in [6.45, 7) is 3.94.